The van der Waals surface area contributed by atoms with Crippen molar-refractivity contribution < 1.29 is 14.3 Å². The van der Waals surface area contributed by atoms with E-state index in [-0.39, 0.29) is 25.0 Å². The lowest BCUT2D eigenvalue weighted by Crippen LogP contribution is -2.28. The third kappa shape index (κ3) is 5.31. The van der Waals surface area contributed by atoms with Crippen molar-refractivity contribution in [2.24, 2.45) is 5.92 Å². The molecule has 1 rings (SSSR count). The van der Waals surface area contributed by atoms with Gasteiger partial charge in [0.2, 0.25) is 5.91 Å². The number of aliphatic hydroxyl groups excluding tert-OH is 1. The van der Waals surface area contributed by atoms with Crippen LogP contribution >= 0.6 is 23.4 Å². The molecule has 0 bridgehead atoms. The van der Waals surface area contributed by atoms with E-state index in [9.17, 15) is 9.18 Å². The highest BCUT2D eigenvalue weighted by atomic mass is 35.5. The van der Waals surface area contributed by atoms with Crippen molar-refractivity contribution in [3.05, 3.63) is 34.6 Å². The summed E-state index contributed by atoms with van der Waals surface area (Å²) in [4.78, 5) is 13.4. The van der Waals surface area contributed by atoms with Crippen LogP contribution in [0.2, 0.25) is 5.02 Å². The van der Waals surface area contributed by atoms with Gasteiger partial charge in [0.25, 0.3) is 0 Å². The molecule has 0 aliphatic carbocycles. The van der Waals surface area contributed by atoms with Crippen molar-refractivity contribution in [3.8, 4) is 0 Å². The summed E-state index contributed by atoms with van der Waals surface area (Å²) in [5.74, 6) is 0.709. The van der Waals surface area contributed by atoms with Crippen LogP contribution in [0, 0.1) is 11.7 Å². The number of hydrogen-bond acceptors (Lipinski definition) is 3. The van der Waals surface area contributed by atoms with Crippen molar-refractivity contribution in [1.29, 1.82) is 0 Å². The van der Waals surface area contributed by atoms with Crippen molar-refractivity contribution in [1.82, 2.24) is 4.90 Å². The Morgan fingerprint density at radius 1 is 1.55 bits per heavy atom. The second kappa shape index (κ2) is 8.49. The number of nitrogens with zero attached hydrogens (tertiary/aromatic N) is 1. The SMILES string of the molecule is CC(CO)CSCC(=O)N(C)Cc1c(F)cccc1Cl. The van der Waals surface area contributed by atoms with Gasteiger partial charge in [0.05, 0.1) is 5.75 Å². The monoisotopic (exact) mass is 319 g/mol. The molecule has 0 heterocycles. The topological polar surface area (TPSA) is 40.5 Å². The van der Waals surface area contributed by atoms with Gasteiger partial charge in [-0.25, -0.2) is 4.39 Å². The lowest BCUT2D eigenvalue weighted by atomic mass is 10.2. The molecule has 20 heavy (non-hydrogen) atoms. The summed E-state index contributed by atoms with van der Waals surface area (Å²) in [6.45, 7) is 2.18. The van der Waals surface area contributed by atoms with E-state index < -0.39 is 5.82 Å². The maximum atomic E-state index is 13.6. The fourth-order valence-corrected chi connectivity index (χ4v) is 2.76. The van der Waals surface area contributed by atoms with Crippen LogP contribution in [0.15, 0.2) is 18.2 Å². The zero-order chi connectivity index (χ0) is 15.1. The maximum absolute atomic E-state index is 13.6. The fraction of sp³-hybridized carbons (Fsp3) is 0.500. The van der Waals surface area contributed by atoms with Gasteiger partial charge in [-0.2, -0.15) is 11.8 Å². The molecule has 0 radical (unpaired) electrons. The molecule has 1 atom stereocenters. The Morgan fingerprint density at radius 3 is 2.85 bits per heavy atom. The molecule has 0 saturated carbocycles. The standard InChI is InChI=1S/C14H19ClFNO2S/c1-10(7-18)8-20-9-14(19)17(2)6-11-12(15)4-3-5-13(11)16/h3-5,10,18H,6-9H2,1-2H3. The quantitative estimate of drug-likeness (QED) is 0.840. The van der Waals surface area contributed by atoms with Crippen LogP contribution in [-0.4, -0.2) is 41.1 Å². The molecule has 3 nitrogen and oxygen atoms in total. The van der Waals surface area contributed by atoms with E-state index in [0.717, 1.165) is 5.75 Å². The maximum Gasteiger partial charge on any atom is 0.232 e. The number of carbonyl (C=O) groups is 1. The molecule has 1 unspecified atom stereocenters. The average Bonchev–Trinajstić information content (AvgIpc) is 2.42. The predicted octanol–water partition coefficient (Wildman–Crippen LogP) is 2.80. The summed E-state index contributed by atoms with van der Waals surface area (Å²) in [6.07, 6.45) is 0. The Kier molecular flexibility index (Phi) is 7.34. The summed E-state index contributed by atoms with van der Waals surface area (Å²) < 4.78 is 13.6. The normalized spacial score (nSPS) is 12.2. The molecule has 1 amide bonds. The van der Waals surface area contributed by atoms with E-state index in [2.05, 4.69) is 0 Å². The Morgan fingerprint density at radius 2 is 2.25 bits per heavy atom. The lowest BCUT2D eigenvalue weighted by Gasteiger charge is -2.18. The molecular weight excluding hydrogens is 301 g/mol. The number of hydrogen-bond donors (Lipinski definition) is 1. The van der Waals surface area contributed by atoms with E-state index in [0.29, 0.717) is 16.3 Å². The summed E-state index contributed by atoms with van der Waals surface area (Å²) in [7, 11) is 1.63. The van der Waals surface area contributed by atoms with E-state index in [1.54, 1.807) is 13.1 Å². The van der Waals surface area contributed by atoms with Gasteiger partial charge in [-0.3, -0.25) is 4.79 Å². The molecule has 0 saturated heterocycles. The minimum atomic E-state index is -0.404. The number of rotatable bonds is 7. The van der Waals surface area contributed by atoms with Crippen LogP contribution in [0.5, 0.6) is 0 Å². The number of carbonyl (C=O) groups excluding carboxylic acids is 1. The molecule has 0 spiro atoms. The molecule has 1 aromatic rings. The minimum Gasteiger partial charge on any atom is -0.396 e. The summed E-state index contributed by atoms with van der Waals surface area (Å²) in [5, 5.41) is 9.23. The van der Waals surface area contributed by atoms with E-state index in [1.807, 2.05) is 6.92 Å². The predicted molar refractivity (Wildman–Crippen MR) is 81.5 cm³/mol. The largest absolute Gasteiger partial charge is 0.396 e. The van der Waals surface area contributed by atoms with Crippen LogP contribution in [0.4, 0.5) is 4.39 Å². The second-order valence-electron chi connectivity index (χ2n) is 4.75. The summed E-state index contributed by atoms with van der Waals surface area (Å²) in [5.41, 5.74) is 0.332. The van der Waals surface area contributed by atoms with Gasteiger partial charge < -0.3 is 10.0 Å². The average molecular weight is 320 g/mol. The Balaban J connectivity index is 2.49. The minimum absolute atomic E-state index is 0.0838. The lowest BCUT2D eigenvalue weighted by molar-refractivity contribution is -0.127. The summed E-state index contributed by atoms with van der Waals surface area (Å²) >= 11 is 7.40. The van der Waals surface area contributed by atoms with Gasteiger partial charge in [0.1, 0.15) is 5.82 Å². The molecule has 0 aliphatic rings. The van der Waals surface area contributed by atoms with E-state index in [4.69, 9.17) is 16.7 Å². The second-order valence-corrected chi connectivity index (χ2v) is 6.19. The van der Waals surface area contributed by atoms with Crippen LogP contribution in [0.25, 0.3) is 0 Å². The first-order valence-corrected chi connectivity index (χ1v) is 7.84. The number of halogens is 2. The molecular formula is C14H19ClFNO2S. The van der Waals surface area contributed by atoms with Crippen molar-refractivity contribution in [3.63, 3.8) is 0 Å². The number of thioether (sulfide) groups is 1. The molecule has 6 heteroatoms. The highest BCUT2D eigenvalue weighted by Crippen LogP contribution is 2.20. The molecule has 0 aromatic heterocycles. The Hall–Kier alpha value is -0.780. The first-order valence-electron chi connectivity index (χ1n) is 6.31. The van der Waals surface area contributed by atoms with Crippen molar-refractivity contribution in [2.75, 3.05) is 25.2 Å². The zero-order valence-electron chi connectivity index (χ0n) is 11.6. The van der Waals surface area contributed by atoms with Gasteiger partial charge in [-0.15, -0.1) is 0 Å². The highest BCUT2D eigenvalue weighted by Gasteiger charge is 2.14. The smallest absolute Gasteiger partial charge is 0.232 e. The molecule has 1 N–H and O–H groups in total. The first-order chi connectivity index (χ1) is 9.45. The Labute approximate surface area is 128 Å². The number of amides is 1. The van der Waals surface area contributed by atoms with Crippen LogP contribution in [-0.2, 0) is 11.3 Å². The molecule has 1 aromatic carbocycles. The van der Waals surface area contributed by atoms with Gasteiger partial charge in [0.15, 0.2) is 0 Å². The van der Waals surface area contributed by atoms with Crippen molar-refractivity contribution in [2.45, 2.75) is 13.5 Å². The van der Waals surface area contributed by atoms with E-state index in [1.165, 1.54) is 28.8 Å². The van der Waals surface area contributed by atoms with Gasteiger partial charge in [0, 0.05) is 30.8 Å². The van der Waals surface area contributed by atoms with Crippen molar-refractivity contribution >= 4 is 29.3 Å². The summed E-state index contributed by atoms with van der Waals surface area (Å²) in [6, 6.07) is 4.47. The molecule has 0 fully saturated rings. The fourth-order valence-electron chi connectivity index (χ4n) is 1.52. The zero-order valence-corrected chi connectivity index (χ0v) is 13.2. The van der Waals surface area contributed by atoms with E-state index >= 15 is 0 Å². The van der Waals surface area contributed by atoms with Crippen LogP contribution in [0.3, 0.4) is 0 Å². The molecule has 0 aliphatic heterocycles. The highest BCUT2D eigenvalue weighted by molar-refractivity contribution is 7.99. The van der Waals surface area contributed by atoms with Gasteiger partial charge >= 0.3 is 0 Å². The van der Waals surface area contributed by atoms with Gasteiger partial charge in [-0.1, -0.05) is 24.6 Å². The molecule has 112 valence electrons. The van der Waals surface area contributed by atoms with Crippen LogP contribution < -0.4 is 0 Å². The van der Waals surface area contributed by atoms with Crippen LogP contribution in [0.1, 0.15) is 12.5 Å². The number of aliphatic hydroxyl groups is 1. The third-order valence-electron chi connectivity index (χ3n) is 2.82. The Bertz CT molecular complexity index is 439. The third-order valence-corrected chi connectivity index (χ3v) is 4.43. The first kappa shape index (κ1) is 17.3. The number of benzene rings is 1. The van der Waals surface area contributed by atoms with Gasteiger partial charge in [-0.05, 0) is 23.8 Å².